The molecule has 7 heteroatoms. The van der Waals surface area contributed by atoms with Crippen molar-refractivity contribution in [3.63, 3.8) is 0 Å². The summed E-state index contributed by atoms with van der Waals surface area (Å²) in [6, 6.07) is 3.68. The number of methoxy groups -OCH3 is 1. The lowest BCUT2D eigenvalue weighted by Crippen LogP contribution is -2.50. The van der Waals surface area contributed by atoms with E-state index in [1.807, 2.05) is 17.9 Å². The molecule has 1 aliphatic heterocycles. The lowest BCUT2D eigenvalue weighted by molar-refractivity contribution is -0.138. The summed E-state index contributed by atoms with van der Waals surface area (Å²) in [7, 11) is 1.59. The Hall–Kier alpha value is -1.95. The highest BCUT2D eigenvalue weighted by Crippen LogP contribution is 2.30. The van der Waals surface area contributed by atoms with Crippen LogP contribution < -0.4 is 10.1 Å². The van der Waals surface area contributed by atoms with Gasteiger partial charge in [-0.3, -0.25) is 9.59 Å². The predicted octanol–water partition coefficient (Wildman–Crippen LogP) is 2.15. The topological polar surface area (TPSA) is 61.9 Å². The quantitative estimate of drug-likeness (QED) is 0.881. The first kappa shape index (κ1) is 18.4. The van der Waals surface area contributed by atoms with Crippen LogP contribution in [-0.2, 0) is 9.59 Å². The molecule has 0 spiro atoms. The van der Waals surface area contributed by atoms with E-state index in [-0.39, 0.29) is 11.8 Å². The summed E-state index contributed by atoms with van der Waals surface area (Å²) in [6.45, 7) is 6.42. The smallest absolute Gasteiger partial charge is 0.224 e. The molecule has 0 unspecified atom stereocenters. The summed E-state index contributed by atoms with van der Waals surface area (Å²) >= 11 is 6.09. The monoisotopic (exact) mass is 353 g/mol. The maximum absolute atomic E-state index is 12.3. The number of hydrogen-bond acceptors (Lipinski definition) is 4. The van der Waals surface area contributed by atoms with Crippen molar-refractivity contribution in [1.82, 2.24) is 9.80 Å². The van der Waals surface area contributed by atoms with Crippen LogP contribution in [0.2, 0.25) is 5.02 Å². The fourth-order valence-electron chi connectivity index (χ4n) is 2.70. The second-order valence-corrected chi connectivity index (χ2v) is 6.27. The molecule has 1 aliphatic rings. The fourth-order valence-corrected chi connectivity index (χ4v) is 2.86. The van der Waals surface area contributed by atoms with Crippen molar-refractivity contribution >= 4 is 29.1 Å². The lowest BCUT2D eigenvalue weighted by atomic mass is 10.2. The van der Waals surface area contributed by atoms with Gasteiger partial charge in [0.1, 0.15) is 5.75 Å². The van der Waals surface area contributed by atoms with Crippen LogP contribution in [0.1, 0.15) is 18.9 Å². The number of anilines is 1. The number of amides is 2. The van der Waals surface area contributed by atoms with Crippen LogP contribution >= 0.6 is 11.6 Å². The summed E-state index contributed by atoms with van der Waals surface area (Å²) in [5.41, 5.74) is 1.78. The van der Waals surface area contributed by atoms with Gasteiger partial charge in [0.25, 0.3) is 0 Å². The molecule has 1 fully saturated rings. The van der Waals surface area contributed by atoms with Crippen molar-refractivity contribution in [1.29, 1.82) is 0 Å². The van der Waals surface area contributed by atoms with E-state index in [0.29, 0.717) is 49.9 Å². The van der Waals surface area contributed by atoms with E-state index >= 15 is 0 Å². The number of halogens is 1. The molecule has 24 heavy (non-hydrogen) atoms. The van der Waals surface area contributed by atoms with Crippen molar-refractivity contribution < 1.29 is 14.3 Å². The van der Waals surface area contributed by atoms with E-state index in [4.69, 9.17) is 16.3 Å². The zero-order chi connectivity index (χ0) is 17.7. The van der Waals surface area contributed by atoms with Crippen LogP contribution in [0, 0.1) is 6.92 Å². The first-order valence-electron chi connectivity index (χ1n) is 8.03. The summed E-state index contributed by atoms with van der Waals surface area (Å²) in [5.74, 6) is 0.817. The number of carbonyl (C=O) groups is 2. The van der Waals surface area contributed by atoms with Crippen molar-refractivity contribution in [2.75, 3.05) is 45.2 Å². The third-order valence-corrected chi connectivity index (χ3v) is 4.62. The molecule has 1 saturated heterocycles. The van der Waals surface area contributed by atoms with E-state index < -0.39 is 0 Å². The van der Waals surface area contributed by atoms with Crippen molar-refractivity contribution in [2.24, 2.45) is 0 Å². The molecule has 1 aromatic carbocycles. The molecular weight excluding hydrogens is 330 g/mol. The number of piperazine rings is 1. The molecule has 0 atom stereocenters. The van der Waals surface area contributed by atoms with Gasteiger partial charge in [-0.15, -0.1) is 0 Å². The standard InChI is InChI=1S/C17H24ClN3O3/c1-12-10-15(16(24-3)11-14(12)18)19-5-4-17(23)21-8-6-20(7-9-21)13(2)22/h10-11,19H,4-9H2,1-3H3. The van der Waals surface area contributed by atoms with E-state index in [9.17, 15) is 9.59 Å². The van der Waals surface area contributed by atoms with Gasteiger partial charge in [-0.25, -0.2) is 0 Å². The Morgan fingerprint density at radius 2 is 1.83 bits per heavy atom. The van der Waals surface area contributed by atoms with Gasteiger partial charge in [0.15, 0.2) is 0 Å². The second-order valence-electron chi connectivity index (χ2n) is 5.87. The first-order valence-corrected chi connectivity index (χ1v) is 8.41. The molecule has 0 saturated carbocycles. The van der Waals surface area contributed by atoms with E-state index in [1.54, 1.807) is 25.0 Å². The van der Waals surface area contributed by atoms with Gasteiger partial charge >= 0.3 is 0 Å². The van der Waals surface area contributed by atoms with E-state index in [2.05, 4.69) is 5.32 Å². The Labute approximate surface area is 147 Å². The third-order valence-electron chi connectivity index (χ3n) is 4.21. The Balaban J connectivity index is 1.83. The number of carbonyl (C=O) groups excluding carboxylic acids is 2. The van der Waals surface area contributed by atoms with Crippen LogP contribution in [0.15, 0.2) is 12.1 Å². The molecule has 0 radical (unpaired) electrons. The number of nitrogens with zero attached hydrogens (tertiary/aromatic N) is 2. The third kappa shape index (κ3) is 4.54. The average molecular weight is 354 g/mol. The second kappa shape index (κ2) is 8.24. The molecule has 132 valence electrons. The Kier molecular flexibility index (Phi) is 6.31. The zero-order valence-corrected chi connectivity index (χ0v) is 15.2. The van der Waals surface area contributed by atoms with Crippen LogP contribution in [0.25, 0.3) is 0 Å². The number of rotatable bonds is 5. The molecule has 1 heterocycles. The van der Waals surface area contributed by atoms with Gasteiger partial charge in [-0.05, 0) is 18.6 Å². The minimum atomic E-state index is 0.0639. The first-order chi connectivity index (χ1) is 11.4. The van der Waals surface area contributed by atoms with E-state index in [1.165, 1.54) is 0 Å². The predicted molar refractivity (Wildman–Crippen MR) is 94.7 cm³/mol. The van der Waals surface area contributed by atoms with Crippen LogP contribution in [-0.4, -0.2) is 61.4 Å². The Morgan fingerprint density at radius 1 is 1.21 bits per heavy atom. The highest BCUT2D eigenvalue weighted by molar-refractivity contribution is 6.31. The molecular formula is C17H24ClN3O3. The summed E-state index contributed by atoms with van der Waals surface area (Å²) in [5, 5.41) is 3.88. The number of benzene rings is 1. The zero-order valence-electron chi connectivity index (χ0n) is 14.4. The summed E-state index contributed by atoms with van der Waals surface area (Å²) in [4.78, 5) is 27.2. The van der Waals surface area contributed by atoms with Crippen LogP contribution in [0.3, 0.4) is 0 Å². The maximum Gasteiger partial charge on any atom is 0.224 e. The molecule has 6 nitrogen and oxygen atoms in total. The van der Waals surface area contributed by atoms with Gasteiger partial charge in [-0.2, -0.15) is 0 Å². The van der Waals surface area contributed by atoms with Gasteiger partial charge in [0, 0.05) is 57.2 Å². The van der Waals surface area contributed by atoms with Crippen LogP contribution in [0.4, 0.5) is 5.69 Å². The fraction of sp³-hybridized carbons (Fsp3) is 0.529. The highest BCUT2D eigenvalue weighted by Gasteiger charge is 2.21. The Bertz CT molecular complexity index is 613. The normalized spacial score (nSPS) is 14.5. The highest BCUT2D eigenvalue weighted by atomic mass is 35.5. The Morgan fingerprint density at radius 3 is 2.42 bits per heavy atom. The number of hydrogen-bond donors (Lipinski definition) is 1. The minimum Gasteiger partial charge on any atom is -0.495 e. The molecule has 2 rings (SSSR count). The van der Waals surface area contributed by atoms with Crippen molar-refractivity contribution in [3.05, 3.63) is 22.7 Å². The SMILES string of the molecule is COc1cc(Cl)c(C)cc1NCCC(=O)N1CCN(C(C)=O)CC1. The largest absolute Gasteiger partial charge is 0.495 e. The summed E-state index contributed by atoms with van der Waals surface area (Å²) < 4.78 is 5.31. The molecule has 1 N–H and O–H groups in total. The number of ether oxygens (including phenoxy) is 1. The van der Waals surface area contributed by atoms with Gasteiger partial charge in [-0.1, -0.05) is 11.6 Å². The molecule has 0 bridgehead atoms. The van der Waals surface area contributed by atoms with Gasteiger partial charge in [0.05, 0.1) is 12.8 Å². The van der Waals surface area contributed by atoms with Gasteiger partial charge in [0.2, 0.25) is 11.8 Å². The number of nitrogens with one attached hydrogen (secondary N) is 1. The molecule has 1 aromatic rings. The molecule has 2 amide bonds. The lowest BCUT2D eigenvalue weighted by Gasteiger charge is -2.34. The van der Waals surface area contributed by atoms with Crippen molar-refractivity contribution in [2.45, 2.75) is 20.3 Å². The molecule has 0 aliphatic carbocycles. The van der Waals surface area contributed by atoms with E-state index in [0.717, 1.165) is 11.3 Å². The summed E-state index contributed by atoms with van der Waals surface area (Å²) in [6.07, 6.45) is 0.394. The average Bonchev–Trinajstić information content (AvgIpc) is 2.57. The van der Waals surface area contributed by atoms with Crippen LogP contribution in [0.5, 0.6) is 5.75 Å². The molecule has 0 aromatic heterocycles. The number of aryl methyl sites for hydroxylation is 1. The van der Waals surface area contributed by atoms with Gasteiger partial charge < -0.3 is 19.9 Å². The maximum atomic E-state index is 12.3. The van der Waals surface area contributed by atoms with Crippen molar-refractivity contribution in [3.8, 4) is 5.75 Å². The minimum absolute atomic E-state index is 0.0639.